The lowest BCUT2D eigenvalue weighted by atomic mass is 9.90. The summed E-state index contributed by atoms with van der Waals surface area (Å²) < 4.78 is 5.00. The molecule has 18 heavy (non-hydrogen) atoms. The molecule has 0 aromatic heterocycles. The number of hydrogen-bond donors (Lipinski definition) is 2. The quantitative estimate of drug-likeness (QED) is 0.854. The number of phenolic OH excluding ortho intramolecular Hbond substituents is 1. The molecule has 96 valence electrons. The molecule has 0 saturated heterocycles. The van der Waals surface area contributed by atoms with Gasteiger partial charge in [-0.05, 0) is 24.6 Å². The number of phenols is 1. The molecule has 1 aromatic rings. The summed E-state index contributed by atoms with van der Waals surface area (Å²) in [5, 5.41) is 13.9. The van der Waals surface area contributed by atoms with Crippen LogP contribution in [0, 0.1) is 5.92 Å². The number of benzene rings is 1. The zero-order valence-electron chi connectivity index (χ0n) is 10.4. The lowest BCUT2D eigenvalue weighted by Crippen LogP contribution is -2.33. The van der Waals surface area contributed by atoms with Gasteiger partial charge >= 0.3 is 0 Å². The van der Waals surface area contributed by atoms with Crippen LogP contribution in [0.4, 0.5) is 0 Å². The van der Waals surface area contributed by atoms with E-state index in [1.807, 2.05) is 13.0 Å². The Bertz CT molecular complexity index is 497. The second-order valence-corrected chi connectivity index (χ2v) is 4.23. The second-order valence-electron chi connectivity index (χ2n) is 4.23. The summed E-state index contributed by atoms with van der Waals surface area (Å²) in [5.74, 6) is 0.520. The topological polar surface area (TPSA) is 70.9 Å². The van der Waals surface area contributed by atoms with Crippen molar-refractivity contribution in [2.75, 3.05) is 7.11 Å². The maximum Gasteiger partial charge on any atom is 0.240 e. The first-order chi connectivity index (χ1) is 8.65. The number of carbonyl (C=O) groups excluding carboxylic acids is 1. The Kier molecular flexibility index (Phi) is 3.50. The van der Waals surface area contributed by atoms with Crippen molar-refractivity contribution in [1.82, 2.24) is 5.43 Å². The molecule has 2 rings (SSSR count). The number of carbonyl (C=O) groups is 1. The number of methoxy groups -OCH3 is 1. The molecular formula is C13H16N2O3. The van der Waals surface area contributed by atoms with Crippen LogP contribution in [0.1, 0.15) is 25.3 Å². The molecule has 0 aliphatic carbocycles. The minimum atomic E-state index is -0.0664. The molecule has 5 nitrogen and oxygen atoms in total. The maximum absolute atomic E-state index is 11.3. The molecule has 1 atom stereocenters. The number of nitrogens with one attached hydrogen (secondary N) is 1. The summed E-state index contributed by atoms with van der Waals surface area (Å²) >= 11 is 0. The highest BCUT2D eigenvalue weighted by Crippen LogP contribution is 2.29. The van der Waals surface area contributed by atoms with Gasteiger partial charge in [0.05, 0.1) is 12.8 Å². The van der Waals surface area contributed by atoms with Crippen molar-refractivity contribution in [3.05, 3.63) is 23.8 Å². The maximum atomic E-state index is 11.3. The Morgan fingerprint density at radius 3 is 2.94 bits per heavy atom. The van der Waals surface area contributed by atoms with E-state index in [4.69, 9.17) is 4.74 Å². The van der Waals surface area contributed by atoms with E-state index in [1.54, 1.807) is 12.1 Å². The average molecular weight is 248 g/mol. The molecular weight excluding hydrogens is 232 g/mol. The van der Waals surface area contributed by atoms with Crippen molar-refractivity contribution in [1.29, 1.82) is 0 Å². The van der Waals surface area contributed by atoms with Gasteiger partial charge in [0.15, 0.2) is 11.5 Å². The second kappa shape index (κ2) is 5.08. The summed E-state index contributed by atoms with van der Waals surface area (Å²) in [7, 11) is 1.50. The van der Waals surface area contributed by atoms with Crippen LogP contribution in [0.5, 0.6) is 11.5 Å². The number of aromatic hydroxyl groups is 1. The fourth-order valence-electron chi connectivity index (χ4n) is 2.07. The third-order valence-corrected chi connectivity index (χ3v) is 3.09. The van der Waals surface area contributed by atoms with Gasteiger partial charge in [-0.25, -0.2) is 5.43 Å². The summed E-state index contributed by atoms with van der Waals surface area (Å²) in [6.07, 6.45) is 1.27. The summed E-state index contributed by atoms with van der Waals surface area (Å²) in [6.45, 7) is 2.02. The van der Waals surface area contributed by atoms with Crippen LogP contribution < -0.4 is 10.2 Å². The van der Waals surface area contributed by atoms with E-state index in [1.165, 1.54) is 7.11 Å². The standard InChI is InChI=1S/C13H16N2O3/c1-3-8-7-12(17)14-15-13(8)9-4-5-11(18-2)10(16)6-9/h4-6,8,16H,3,7H2,1-2H3,(H,14,17). The monoisotopic (exact) mass is 248 g/mol. The third-order valence-electron chi connectivity index (χ3n) is 3.09. The highest BCUT2D eigenvalue weighted by Gasteiger charge is 2.24. The minimum Gasteiger partial charge on any atom is -0.504 e. The lowest BCUT2D eigenvalue weighted by Gasteiger charge is -2.21. The van der Waals surface area contributed by atoms with Crippen molar-refractivity contribution in [3.8, 4) is 11.5 Å². The first-order valence-electron chi connectivity index (χ1n) is 5.89. The van der Waals surface area contributed by atoms with E-state index in [2.05, 4.69) is 10.5 Å². The van der Waals surface area contributed by atoms with E-state index in [-0.39, 0.29) is 17.6 Å². The van der Waals surface area contributed by atoms with E-state index in [9.17, 15) is 9.90 Å². The van der Waals surface area contributed by atoms with Crippen LogP contribution in [-0.4, -0.2) is 23.8 Å². The molecule has 0 radical (unpaired) electrons. The van der Waals surface area contributed by atoms with Gasteiger partial charge in [0.25, 0.3) is 0 Å². The molecule has 1 aliphatic rings. The van der Waals surface area contributed by atoms with Crippen LogP contribution in [0.15, 0.2) is 23.3 Å². The van der Waals surface area contributed by atoms with Crippen molar-refractivity contribution in [3.63, 3.8) is 0 Å². The molecule has 0 bridgehead atoms. The highest BCUT2D eigenvalue weighted by molar-refractivity contribution is 6.06. The first-order valence-corrected chi connectivity index (χ1v) is 5.89. The minimum absolute atomic E-state index is 0.0664. The normalized spacial score (nSPS) is 19.1. The number of ether oxygens (including phenoxy) is 1. The first kappa shape index (κ1) is 12.4. The average Bonchev–Trinajstić information content (AvgIpc) is 2.38. The van der Waals surface area contributed by atoms with Gasteiger partial charge in [-0.1, -0.05) is 6.92 Å². The molecule has 0 spiro atoms. The van der Waals surface area contributed by atoms with Crippen molar-refractivity contribution in [2.24, 2.45) is 11.0 Å². The van der Waals surface area contributed by atoms with Crippen LogP contribution in [-0.2, 0) is 4.79 Å². The van der Waals surface area contributed by atoms with E-state index in [0.717, 1.165) is 17.7 Å². The largest absolute Gasteiger partial charge is 0.504 e. The smallest absolute Gasteiger partial charge is 0.240 e. The molecule has 1 heterocycles. The van der Waals surface area contributed by atoms with E-state index in [0.29, 0.717) is 12.2 Å². The number of hydrazone groups is 1. The van der Waals surface area contributed by atoms with Gasteiger partial charge in [-0.15, -0.1) is 0 Å². The van der Waals surface area contributed by atoms with E-state index >= 15 is 0 Å². The Balaban J connectivity index is 2.35. The third kappa shape index (κ3) is 2.30. The molecule has 1 aliphatic heterocycles. The van der Waals surface area contributed by atoms with Crippen molar-refractivity contribution >= 4 is 11.6 Å². The highest BCUT2D eigenvalue weighted by atomic mass is 16.5. The predicted octanol–water partition coefficient (Wildman–Crippen LogP) is 1.65. The molecule has 1 aromatic carbocycles. The predicted molar refractivity (Wildman–Crippen MR) is 67.7 cm³/mol. The number of hydrogen-bond acceptors (Lipinski definition) is 4. The van der Waals surface area contributed by atoms with Gasteiger partial charge in [0.1, 0.15) is 0 Å². The Labute approximate surface area is 105 Å². The number of rotatable bonds is 3. The van der Waals surface area contributed by atoms with Gasteiger partial charge in [-0.2, -0.15) is 5.10 Å². The molecule has 2 N–H and O–H groups in total. The number of amides is 1. The van der Waals surface area contributed by atoms with Crippen LogP contribution in [0.2, 0.25) is 0 Å². The molecule has 0 fully saturated rings. The fourth-order valence-corrected chi connectivity index (χ4v) is 2.07. The van der Waals surface area contributed by atoms with Gasteiger partial charge < -0.3 is 9.84 Å². The Morgan fingerprint density at radius 1 is 1.56 bits per heavy atom. The van der Waals surface area contributed by atoms with Gasteiger partial charge in [-0.3, -0.25) is 4.79 Å². The van der Waals surface area contributed by atoms with Crippen molar-refractivity contribution < 1.29 is 14.6 Å². The summed E-state index contributed by atoms with van der Waals surface area (Å²) in [4.78, 5) is 11.3. The fraction of sp³-hybridized carbons (Fsp3) is 0.385. The Morgan fingerprint density at radius 2 is 2.33 bits per heavy atom. The van der Waals surface area contributed by atoms with Crippen LogP contribution in [0.3, 0.4) is 0 Å². The summed E-state index contributed by atoms with van der Waals surface area (Å²) in [6, 6.07) is 5.13. The molecule has 0 saturated carbocycles. The van der Waals surface area contributed by atoms with Gasteiger partial charge in [0, 0.05) is 17.9 Å². The number of nitrogens with zero attached hydrogens (tertiary/aromatic N) is 1. The lowest BCUT2D eigenvalue weighted by molar-refractivity contribution is -0.122. The van der Waals surface area contributed by atoms with Gasteiger partial charge in [0.2, 0.25) is 5.91 Å². The molecule has 1 unspecified atom stereocenters. The SMILES string of the molecule is CCC1CC(=O)NN=C1c1ccc(OC)c(O)c1. The zero-order valence-corrected chi connectivity index (χ0v) is 10.4. The van der Waals surface area contributed by atoms with Crippen LogP contribution >= 0.6 is 0 Å². The Hall–Kier alpha value is -2.04. The summed E-state index contributed by atoms with van der Waals surface area (Å²) in [5.41, 5.74) is 4.09. The van der Waals surface area contributed by atoms with Crippen LogP contribution in [0.25, 0.3) is 0 Å². The van der Waals surface area contributed by atoms with Crippen molar-refractivity contribution in [2.45, 2.75) is 19.8 Å². The van der Waals surface area contributed by atoms with E-state index < -0.39 is 0 Å². The molecule has 1 amide bonds. The zero-order chi connectivity index (χ0) is 13.1. The molecule has 5 heteroatoms.